The molecule has 1 N–H and O–H groups in total. The minimum absolute atomic E-state index is 0.494. The number of thiazole rings is 1. The molecule has 0 aliphatic rings. The van der Waals surface area contributed by atoms with Gasteiger partial charge in [0, 0.05) is 42.0 Å². The van der Waals surface area contributed by atoms with E-state index >= 15 is 0 Å². The second-order valence-electron chi connectivity index (χ2n) is 5.42. The molecule has 0 aliphatic carbocycles. The van der Waals surface area contributed by atoms with Crippen LogP contribution in [0.15, 0.2) is 35.2 Å². The fourth-order valence-electron chi connectivity index (χ4n) is 2.43. The van der Waals surface area contributed by atoms with E-state index in [-0.39, 0.29) is 0 Å². The molecule has 0 spiro atoms. The Morgan fingerprint density at radius 1 is 1.30 bits per heavy atom. The molecule has 6 heteroatoms. The number of ether oxygens (including phenoxy) is 1. The monoisotopic (exact) mass is 328 g/mol. The number of anilines is 1. The third-order valence-corrected chi connectivity index (χ3v) is 4.47. The molecule has 3 aromatic rings. The van der Waals surface area contributed by atoms with Crippen LogP contribution < -0.4 is 10.1 Å². The number of rotatable bonds is 6. The van der Waals surface area contributed by atoms with Crippen LogP contribution in [0, 0.1) is 13.8 Å². The van der Waals surface area contributed by atoms with Crippen LogP contribution in [0.25, 0.3) is 0 Å². The van der Waals surface area contributed by atoms with Gasteiger partial charge in [0.05, 0.1) is 16.9 Å². The second kappa shape index (κ2) is 6.83. The lowest BCUT2D eigenvalue weighted by Crippen LogP contribution is -2.03. The quantitative estimate of drug-likeness (QED) is 0.750. The molecule has 0 fully saturated rings. The van der Waals surface area contributed by atoms with Gasteiger partial charge in [0.1, 0.15) is 12.4 Å². The van der Waals surface area contributed by atoms with Crippen LogP contribution in [0.2, 0.25) is 0 Å². The highest BCUT2D eigenvalue weighted by Gasteiger charge is 2.09. The Bertz CT molecular complexity index is 780. The molecule has 2 aromatic heterocycles. The van der Waals surface area contributed by atoms with Crippen molar-refractivity contribution < 1.29 is 4.74 Å². The van der Waals surface area contributed by atoms with Crippen LogP contribution in [0.4, 0.5) is 5.69 Å². The molecule has 0 amide bonds. The van der Waals surface area contributed by atoms with Gasteiger partial charge >= 0.3 is 0 Å². The van der Waals surface area contributed by atoms with Crippen LogP contribution >= 0.6 is 11.3 Å². The van der Waals surface area contributed by atoms with Gasteiger partial charge in [-0.25, -0.2) is 4.98 Å². The first-order valence-electron chi connectivity index (χ1n) is 7.46. The minimum atomic E-state index is 0.494. The number of aromatic nitrogens is 3. The zero-order valence-corrected chi connectivity index (χ0v) is 14.4. The van der Waals surface area contributed by atoms with Gasteiger partial charge in [0.2, 0.25) is 0 Å². The van der Waals surface area contributed by atoms with E-state index in [0.29, 0.717) is 6.61 Å². The van der Waals surface area contributed by atoms with Crippen molar-refractivity contribution in [3.05, 3.63) is 57.8 Å². The number of hydrogen-bond donors (Lipinski definition) is 1. The van der Waals surface area contributed by atoms with Crippen LogP contribution in [0.1, 0.15) is 22.6 Å². The van der Waals surface area contributed by atoms with Gasteiger partial charge in [-0.05, 0) is 26.0 Å². The molecule has 0 radical (unpaired) electrons. The number of nitrogens with one attached hydrogen (secondary N) is 1. The van der Waals surface area contributed by atoms with E-state index in [1.54, 1.807) is 11.3 Å². The largest absolute Gasteiger partial charge is 0.487 e. The zero-order chi connectivity index (χ0) is 16.2. The molecule has 23 heavy (non-hydrogen) atoms. The Morgan fingerprint density at radius 3 is 2.87 bits per heavy atom. The molecular weight excluding hydrogens is 308 g/mol. The molecule has 1 aromatic carbocycles. The van der Waals surface area contributed by atoms with Gasteiger partial charge in [0.15, 0.2) is 0 Å². The summed E-state index contributed by atoms with van der Waals surface area (Å²) < 4.78 is 7.70. The maximum absolute atomic E-state index is 5.78. The van der Waals surface area contributed by atoms with Gasteiger partial charge in [0.25, 0.3) is 0 Å². The SMILES string of the molecule is Cc1nn(C)c(C)c1CNc1cccc(OCc2cscn2)c1. The highest BCUT2D eigenvalue weighted by Crippen LogP contribution is 2.20. The topological polar surface area (TPSA) is 52.0 Å². The number of benzene rings is 1. The molecule has 2 heterocycles. The Morgan fingerprint density at radius 2 is 2.17 bits per heavy atom. The fourth-order valence-corrected chi connectivity index (χ4v) is 2.97. The zero-order valence-electron chi connectivity index (χ0n) is 13.5. The van der Waals surface area contributed by atoms with E-state index in [4.69, 9.17) is 4.74 Å². The number of aryl methyl sites for hydroxylation is 2. The first kappa shape index (κ1) is 15.6. The van der Waals surface area contributed by atoms with E-state index in [1.165, 1.54) is 11.3 Å². The lowest BCUT2D eigenvalue weighted by atomic mass is 10.2. The van der Waals surface area contributed by atoms with Crippen molar-refractivity contribution in [1.82, 2.24) is 14.8 Å². The van der Waals surface area contributed by atoms with Gasteiger partial charge < -0.3 is 10.1 Å². The summed E-state index contributed by atoms with van der Waals surface area (Å²) in [7, 11) is 1.97. The van der Waals surface area contributed by atoms with Crippen LogP contribution in [-0.2, 0) is 20.2 Å². The van der Waals surface area contributed by atoms with Gasteiger partial charge in [-0.3, -0.25) is 4.68 Å². The molecule has 5 nitrogen and oxygen atoms in total. The Hall–Kier alpha value is -2.34. The highest BCUT2D eigenvalue weighted by atomic mass is 32.1. The van der Waals surface area contributed by atoms with E-state index in [0.717, 1.165) is 29.4 Å². The number of hydrogen-bond acceptors (Lipinski definition) is 5. The Labute approximate surface area is 140 Å². The van der Waals surface area contributed by atoms with Crippen molar-refractivity contribution in [3.63, 3.8) is 0 Å². The van der Waals surface area contributed by atoms with Crippen molar-refractivity contribution in [2.75, 3.05) is 5.32 Å². The lowest BCUT2D eigenvalue weighted by Gasteiger charge is -2.10. The van der Waals surface area contributed by atoms with Crippen molar-refractivity contribution in [2.24, 2.45) is 7.05 Å². The summed E-state index contributed by atoms with van der Waals surface area (Å²) in [5.41, 5.74) is 7.29. The van der Waals surface area contributed by atoms with Crippen LogP contribution in [0.3, 0.4) is 0 Å². The fraction of sp³-hybridized carbons (Fsp3) is 0.294. The molecule has 0 saturated carbocycles. The summed E-state index contributed by atoms with van der Waals surface area (Å²) in [5.74, 6) is 0.836. The standard InChI is InChI=1S/C17H20N4OS/c1-12-17(13(2)21(3)20-12)8-18-14-5-4-6-16(7-14)22-9-15-10-23-11-19-15/h4-7,10-11,18H,8-9H2,1-3H3. The van der Waals surface area contributed by atoms with E-state index in [1.807, 2.05) is 53.8 Å². The molecule has 0 aliphatic heterocycles. The molecular formula is C17H20N4OS. The van der Waals surface area contributed by atoms with Crippen molar-refractivity contribution >= 4 is 17.0 Å². The van der Waals surface area contributed by atoms with Crippen molar-refractivity contribution in [3.8, 4) is 5.75 Å². The number of nitrogens with zero attached hydrogens (tertiary/aromatic N) is 3. The van der Waals surface area contributed by atoms with E-state index in [2.05, 4.69) is 22.3 Å². The summed E-state index contributed by atoms with van der Waals surface area (Å²) in [6.45, 7) is 5.37. The average Bonchev–Trinajstić information content (AvgIpc) is 3.14. The minimum Gasteiger partial charge on any atom is -0.487 e. The molecule has 3 rings (SSSR count). The van der Waals surface area contributed by atoms with Crippen LogP contribution in [-0.4, -0.2) is 14.8 Å². The average molecular weight is 328 g/mol. The molecule has 0 unspecified atom stereocenters. The summed E-state index contributed by atoms with van der Waals surface area (Å²) >= 11 is 1.58. The van der Waals surface area contributed by atoms with Gasteiger partial charge in [-0.1, -0.05) is 6.07 Å². The molecule has 120 valence electrons. The predicted octanol–water partition coefficient (Wildman–Crippen LogP) is 3.68. The maximum Gasteiger partial charge on any atom is 0.131 e. The van der Waals surface area contributed by atoms with Crippen molar-refractivity contribution in [2.45, 2.75) is 27.0 Å². The van der Waals surface area contributed by atoms with Crippen LogP contribution in [0.5, 0.6) is 5.75 Å². The van der Waals surface area contributed by atoms with E-state index < -0.39 is 0 Å². The maximum atomic E-state index is 5.78. The molecule has 0 atom stereocenters. The first-order valence-corrected chi connectivity index (χ1v) is 8.40. The summed E-state index contributed by atoms with van der Waals surface area (Å²) in [5, 5.41) is 9.88. The third-order valence-electron chi connectivity index (χ3n) is 3.83. The van der Waals surface area contributed by atoms with Gasteiger partial charge in [-0.2, -0.15) is 5.10 Å². The highest BCUT2D eigenvalue weighted by molar-refractivity contribution is 7.07. The van der Waals surface area contributed by atoms with Crippen molar-refractivity contribution in [1.29, 1.82) is 0 Å². The Kier molecular flexibility index (Phi) is 4.62. The molecule has 0 saturated heterocycles. The Balaban J connectivity index is 1.63. The summed E-state index contributed by atoms with van der Waals surface area (Å²) in [6, 6.07) is 7.99. The second-order valence-corrected chi connectivity index (χ2v) is 6.14. The first-order chi connectivity index (χ1) is 11.1. The summed E-state index contributed by atoms with van der Waals surface area (Å²) in [4.78, 5) is 4.22. The normalized spacial score (nSPS) is 10.7. The third kappa shape index (κ3) is 3.71. The predicted molar refractivity (Wildman–Crippen MR) is 92.9 cm³/mol. The summed E-state index contributed by atoms with van der Waals surface area (Å²) in [6.07, 6.45) is 0. The van der Waals surface area contributed by atoms with Gasteiger partial charge in [-0.15, -0.1) is 11.3 Å². The van der Waals surface area contributed by atoms with E-state index in [9.17, 15) is 0 Å². The lowest BCUT2D eigenvalue weighted by molar-refractivity contribution is 0.302. The smallest absolute Gasteiger partial charge is 0.131 e. The molecule has 0 bridgehead atoms.